The van der Waals surface area contributed by atoms with E-state index >= 15 is 0 Å². The van der Waals surface area contributed by atoms with Gasteiger partial charge in [-0.3, -0.25) is 0 Å². The van der Waals surface area contributed by atoms with Crippen molar-refractivity contribution in [2.75, 3.05) is 25.6 Å². The summed E-state index contributed by atoms with van der Waals surface area (Å²) in [5.74, 6) is 0.855. The second-order valence-corrected chi connectivity index (χ2v) is 4.11. The molecule has 0 fully saturated rings. The minimum atomic E-state index is -0.151. The van der Waals surface area contributed by atoms with Crippen molar-refractivity contribution in [3.8, 4) is 12.0 Å². The predicted molar refractivity (Wildman–Crippen MR) is 73.1 cm³/mol. The molecule has 0 aliphatic heterocycles. The molecular weight excluding hydrogens is 260 g/mol. The third-order valence-corrected chi connectivity index (χ3v) is 2.36. The van der Waals surface area contributed by atoms with E-state index in [0.717, 1.165) is 0 Å². The molecule has 2 aromatic rings. The van der Waals surface area contributed by atoms with Gasteiger partial charge in [-0.15, -0.1) is 0 Å². The average molecular weight is 278 g/mol. The highest BCUT2D eigenvalue weighted by Crippen LogP contribution is 2.12. The van der Waals surface area contributed by atoms with Crippen LogP contribution in [-0.4, -0.2) is 51.1 Å². The van der Waals surface area contributed by atoms with Gasteiger partial charge >= 0.3 is 6.01 Å². The summed E-state index contributed by atoms with van der Waals surface area (Å²) in [6.07, 6.45) is 3.26. The van der Waals surface area contributed by atoms with Gasteiger partial charge in [0.15, 0.2) is 0 Å². The topological polar surface area (TPSA) is 87.0 Å². The minimum absolute atomic E-state index is 0.151. The van der Waals surface area contributed by atoms with Crippen LogP contribution in [0.4, 0.5) is 5.95 Å². The van der Waals surface area contributed by atoms with Gasteiger partial charge in [-0.05, 0) is 19.9 Å². The molecule has 2 aromatic heterocycles. The number of anilines is 1. The Hall–Kier alpha value is -2.22. The molecule has 0 spiro atoms. The van der Waals surface area contributed by atoms with E-state index in [9.17, 15) is 0 Å². The third-order valence-electron chi connectivity index (χ3n) is 2.36. The summed E-state index contributed by atoms with van der Waals surface area (Å²) in [6, 6.07) is 2.04. The molecule has 0 saturated carbocycles. The number of methoxy groups -OCH3 is 1. The SMILES string of the molecule is CCNc1nc(OC(C)COC)nc(-n2cccn2)n1. The molecule has 2 heterocycles. The molecule has 0 aliphatic rings. The molecule has 8 nitrogen and oxygen atoms in total. The first-order valence-electron chi connectivity index (χ1n) is 6.38. The quantitative estimate of drug-likeness (QED) is 0.805. The summed E-state index contributed by atoms with van der Waals surface area (Å²) >= 11 is 0. The lowest BCUT2D eigenvalue weighted by molar-refractivity contribution is 0.0854. The second kappa shape index (κ2) is 6.80. The minimum Gasteiger partial charge on any atom is -0.458 e. The van der Waals surface area contributed by atoms with E-state index in [-0.39, 0.29) is 12.1 Å². The van der Waals surface area contributed by atoms with Crippen LogP contribution in [0.3, 0.4) is 0 Å². The van der Waals surface area contributed by atoms with Gasteiger partial charge in [0.2, 0.25) is 5.95 Å². The van der Waals surface area contributed by atoms with Crippen molar-refractivity contribution in [2.24, 2.45) is 0 Å². The zero-order valence-corrected chi connectivity index (χ0v) is 11.8. The molecule has 108 valence electrons. The monoisotopic (exact) mass is 278 g/mol. The number of rotatable bonds is 7. The number of nitrogens with one attached hydrogen (secondary N) is 1. The van der Waals surface area contributed by atoms with E-state index in [1.807, 2.05) is 13.8 Å². The largest absolute Gasteiger partial charge is 0.458 e. The highest BCUT2D eigenvalue weighted by Gasteiger charge is 2.12. The summed E-state index contributed by atoms with van der Waals surface area (Å²) in [5.41, 5.74) is 0. The van der Waals surface area contributed by atoms with E-state index < -0.39 is 0 Å². The van der Waals surface area contributed by atoms with E-state index in [1.54, 1.807) is 30.3 Å². The highest BCUT2D eigenvalue weighted by atomic mass is 16.5. The van der Waals surface area contributed by atoms with Crippen LogP contribution in [0.5, 0.6) is 6.01 Å². The highest BCUT2D eigenvalue weighted by molar-refractivity contribution is 5.29. The van der Waals surface area contributed by atoms with Crippen molar-refractivity contribution in [1.82, 2.24) is 24.7 Å². The Morgan fingerprint density at radius 1 is 1.35 bits per heavy atom. The molecule has 1 atom stereocenters. The van der Waals surface area contributed by atoms with Crippen LogP contribution in [0, 0.1) is 0 Å². The van der Waals surface area contributed by atoms with Gasteiger partial charge in [-0.25, -0.2) is 4.68 Å². The maximum absolute atomic E-state index is 5.61. The molecule has 2 rings (SSSR count). The zero-order chi connectivity index (χ0) is 14.4. The number of hydrogen-bond acceptors (Lipinski definition) is 7. The zero-order valence-electron chi connectivity index (χ0n) is 11.8. The third kappa shape index (κ3) is 3.64. The standard InChI is InChI=1S/C12H18N6O2/c1-4-13-10-15-11(18-7-5-6-14-18)17-12(16-10)20-9(2)8-19-3/h5-7,9H,4,8H2,1-3H3,(H,13,15,16,17). The maximum atomic E-state index is 5.61. The van der Waals surface area contributed by atoms with Gasteiger partial charge in [0, 0.05) is 26.0 Å². The first kappa shape index (κ1) is 14.2. The van der Waals surface area contributed by atoms with Crippen molar-refractivity contribution >= 4 is 5.95 Å². The Labute approximate surface area is 117 Å². The van der Waals surface area contributed by atoms with E-state index in [2.05, 4.69) is 25.4 Å². The van der Waals surface area contributed by atoms with Crippen molar-refractivity contribution in [2.45, 2.75) is 20.0 Å². The van der Waals surface area contributed by atoms with E-state index in [0.29, 0.717) is 25.0 Å². The Morgan fingerprint density at radius 2 is 2.20 bits per heavy atom. The normalized spacial score (nSPS) is 12.2. The molecule has 8 heteroatoms. The molecular formula is C12H18N6O2. The molecule has 0 radical (unpaired) electrons. The van der Waals surface area contributed by atoms with Gasteiger partial charge in [-0.1, -0.05) is 0 Å². The molecule has 20 heavy (non-hydrogen) atoms. The second-order valence-electron chi connectivity index (χ2n) is 4.11. The first-order valence-corrected chi connectivity index (χ1v) is 6.38. The molecule has 0 amide bonds. The maximum Gasteiger partial charge on any atom is 0.323 e. The summed E-state index contributed by atoms with van der Waals surface area (Å²) < 4.78 is 12.2. The molecule has 1 unspecified atom stereocenters. The first-order chi connectivity index (χ1) is 9.72. The Morgan fingerprint density at radius 3 is 2.85 bits per heavy atom. The van der Waals surface area contributed by atoms with Gasteiger partial charge in [0.25, 0.3) is 5.95 Å². The Kier molecular flexibility index (Phi) is 4.83. The summed E-state index contributed by atoms with van der Waals surface area (Å²) in [7, 11) is 1.62. The van der Waals surface area contributed by atoms with Gasteiger partial charge < -0.3 is 14.8 Å². The average Bonchev–Trinajstić information content (AvgIpc) is 2.93. The van der Waals surface area contributed by atoms with E-state index in [1.165, 1.54) is 0 Å². The lowest BCUT2D eigenvalue weighted by Crippen LogP contribution is -2.20. The summed E-state index contributed by atoms with van der Waals surface area (Å²) in [4.78, 5) is 12.7. The van der Waals surface area contributed by atoms with Crippen LogP contribution in [0.15, 0.2) is 18.5 Å². The van der Waals surface area contributed by atoms with Gasteiger partial charge in [-0.2, -0.15) is 20.1 Å². The van der Waals surface area contributed by atoms with E-state index in [4.69, 9.17) is 9.47 Å². The van der Waals surface area contributed by atoms with Gasteiger partial charge in [0.05, 0.1) is 6.61 Å². The van der Waals surface area contributed by atoms with Crippen LogP contribution in [0.25, 0.3) is 5.95 Å². The fourth-order valence-corrected chi connectivity index (χ4v) is 1.57. The van der Waals surface area contributed by atoms with Crippen molar-refractivity contribution in [3.05, 3.63) is 18.5 Å². The van der Waals surface area contributed by atoms with Crippen LogP contribution >= 0.6 is 0 Å². The lowest BCUT2D eigenvalue weighted by atomic mass is 10.4. The summed E-state index contributed by atoms with van der Waals surface area (Å²) in [5, 5.41) is 7.14. The molecule has 0 saturated heterocycles. The molecule has 0 aromatic carbocycles. The smallest absolute Gasteiger partial charge is 0.323 e. The molecule has 0 bridgehead atoms. The van der Waals surface area contributed by atoms with Crippen molar-refractivity contribution < 1.29 is 9.47 Å². The van der Waals surface area contributed by atoms with Crippen molar-refractivity contribution in [1.29, 1.82) is 0 Å². The predicted octanol–water partition coefficient (Wildman–Crippen LogP) is 0.903. The number of hydrogen-bond donors (Lipinski definition) is 1. The Balaban J connectivity index is 2.26. The van der Waals surface area contributed by atoms with Crippen LogP contribution in [-0.2, 0) is 4.74 Å². The fourth-order valence-electron chi connectivity index (χ4n) is 1.57. The Bertz CT molecular complexity index is 531. The molecule has 1 N–H and O–H groups in total. The fraction of sp³-hybridized carbons (Fsp3) is 0.500. The van der Waals surface area contributed by atoms with Crippen molar-refractivity contribution in [3.63, 3.8) is 0 Å². The number of nitrogens with zero attached hydrogens (tertiary/aromatic N) is 5. The van der Waals surface area contributed by atoms with Crippen LogP contribution in [0.1, 0.15) is 13.8 Å². The molecule has 0 aliphatic carbocycles. The lowest BCUT2D eigenvalue weighted by Gasteiger charge is -2.13. The van der Waals surface area contributed by atoms with Gasteiger partial charge in [0.1, 0.15) is 6.10 Å². The van der Waals surface area contributed by atoms with Crippen LogP contribution < -0.4 is 10.1 Å². The number of aromatic nitrogens is 5. The summed E-state index contributed by atoms with van der Waals surface area (Å²) in [6.45, 7) is 5.01. The van der Waals surface area contributed by atoms with Crippen LogP contribution in [0.2, 0.25) is 0 Å². The number of ether oxygens (including phenoxy) is 2.